The van der Waals surface area contributed by atoms with E-state index in [2.05, 4.69) is 9.88 Å². The fourth-order valence-electron chi connectivity index (χ4n) is 3.78. The van der Waals surface area contributed by atoms with Crippen molar-refractivity contribution in [1.82, 2.24) is 19.8 Å². The highest BCUT2D eigenvalue weighted by molar-refractivity contribution is 6.01. The van der Waals surface area contributed by atoms with Crippen LogP contribution in [0, 0.1) is 12.7 Å². The molecule has 3 amide bonds. The van der Waals surface area contributed by atoms with Crippen molar-refractivity contribution in [3.63, 3.8) is 0 Å². The first kappa shape index (κ1) is 20.9. The third-order valence-corrected chi connectivity index (χ3v) is 5.50. The van der Waals surface area contributed by atoms with Crippen LogP contribution in [-0.4, -0.2) is 63.9 Å². The van der Waals surface area contributed by atoms with Crippen LogP contribution < -0.4 is 0 Å². The molecule has 0 radical (unpaired) electrons. The smallest absolute Gasteiger partial charge is 0.311 e. The van der Waals surface area contributed by atoms with E-state index in [0.717, 1.165) is 17.0 Å². The normalized spacial score (nSPS) is 17.4. The van der Waals surface area contributed by atoms with Crippen molar-refractivity contribution in [2.75, 3.05) is 26.2 Å². The van der Waals surface area contributed by atoms with Gasteiger partial charge in [-0.15, -0.1) is 5.06 Å². The molecule has 0 spiro atoms. The highest BCUT2D eigenvalue weighted by atomic mass is 19.1. The third-order valence-electron chi connectivity index (χ3n) is 5.50. The van der Waals surface area contributed by atoms with Gasteiger partial charge >= 0.3 is 6.09 Å². The van der Waals surface area contributed by atoms with Crippen molar-refractivity contribution in [2.45, 2.75) is 26.3 Å². The van der Waals surface area contributed by atoms with Gasteiger partial charge in [-0.25, -0.2) is 9.18 Å². The fourth-order valence-corrected chi connectivity index (χ4v) is 3.78. The number of hydrogen-bond donors (Lipinski definition) is 0. The summed E-state index contributed by atoms with van der Waals surface area (Å²) in [5, 5.41) is 0.568. The molecule has 2 saturated heterocycles. The fraction of sp³-hybridized carbons (Fsp3) is 0.364. The number of hydrogen-bond acceptors (Lipinski definition) is 6. The highest BCUT2D eigenvalue weighted by Gasteiger charge is 2.34. The van der Waals surface area contributed by atoms with E-state index in [1.54, 1.807) is 18.2 Å². The van der Waals surface area contributed by atoms with E-state index in [1.807, 2.05) is 19.1 Å². The number of imide groups is 1. The van der Waals surface area contributed by atoms with E-state index in [-0.39, 0.29) is 18.7 Å². The molecule has 0 saturated carbocycles. The Bertz CT molecular complexity index is 1000. The van der Waals surface area contributed by atoms with Crippen LogP contribution in [0.15, 0.2) is 36.4 Å². The molecule has 1 aromatic heterocycles. The number of piperazine rings is 1. The quantitative estimate of drug-likeness (QED) is 0.699. The maximum Gasteiger partial charge on any atom is 0.434 e. The van der Waals surface area contributed by atoms with Gasteiger partial charge in [-0.05, 0) is 19.1 Å². The zero-order chi connectivity index (χ0) is 22.0. The minimum absolute atomic E-state index is 0.0714. The molecule has 1 aromatic carbocycles. The Kier molecular flexibility index (Phi) is 5.94. The Morgan fingerprint density at radius 1 is 1.00 bits per heavy atom. The summed E-state index contributed by atoms with van der Waals surface area (Å²) in [5.41, 5.74) is 2.91. The average Bonchev–Trinajstić information content (AvgIpc) is 3.07. The van der Waals surface area contributed by atoms with Gasteiger partial charge in [0, 0.05) is 62.4 Å². The number of benzene rings is 1. The van der Waals surface area contributed by atoms with Gasteiger partial charge in [0.15, 0.2) is 0 Å². The Hall–Kier alpha value is -3.33. The molecule has 3 heterocycles. The summed E-state index contributed by atoms with van der Waals surface area (Å²) >= 11 is 0. The molecule has 2 aliphatic heterocycles. The first-order valence-corrected chi connectivity index (χ1v) is 10.2. The minimum Gasteiger partial charge on any atom is -0.311 e. The molecule has 2 aliphatic rings. The molecule has 2 aromatic rings. The molecule has 0 atom stereocenters. The van der Waals surface area contributed by atoms with Crippen LogP contribution in [0.25, 0.3) is 11.1 Å². The molecule has 0 N–H and O–H groups in total. The van der Waals surface area contributed by atoms with Crippen LogP contribution in [0.3, 0.4) is 0 Å². The number of halogens is 1. The van der Waals surface area contributed by atoms with Crippen LogP contribution in [0.4, 0.5) is 9.18 Å². The van der Waals surface area contributed by atoms with Gasteiger partial charge in [-0.1, -0.05) is 24.3 Å². The predicted molar refractivity (Wildman–Crippen MR) is 109 cm³/mol. The standard InChI is InChI=1S/C22H23FN4O4/c1-15-17(18-4-2-3-5-19(18)23)7-6-16(24-15)14-25-10-12-26(13-11-25)22(30)31-27-20(28)8-9-21(27)29/h2-7H,8-14H2,1H3. The Morgan fingerprint density at radius 3 is 2.32 bits per heavy atom. The topological polar surface area (TPSA) is 83.1 Å². The van der Waals surface area contributed by atoms with Crippen LogP contribution >= 0.6 is 0 Å². The Morgan fingerprint density at radius 2 is 1.68 bits per heavy atom. The largest absolute Gasteiger partial charge is 0.434 e. The van der Waals surface area contributed by atoms with E-state index in [4.69, 9.17) is 4.84 Å². The summed E-state index contributed by atoms with van der Waals surface area (Å²) in [7, 11) is 0. The highest BCUT2D eigenvalue weighted by Crippen LogP contribution is 2.25. The summed E-state index contributed by atoms with van der Waals surface area (Å²) in [6.07, 6.45) is -0.546. The van der Waals surface area contributed by atoms with Gasteiger partial charge in [0.05, 0.1) is 5.69 Å². The first-order chi connectivity index (χ1) is 14.9. The SMILES string of the molecule is Cc1nc(CN2CCN(C(=O)ON3C(=O)CCC3=O)CC2)ccc1-c1ccccc1F. The molecule has 9 heteroatoms. The number of aryl methyl sites for hydroxylation is 1. The summed E-state index contributed by atoms with van der Waals surface area (Å²) in [6, 6.07) is 10.4. The second-order valence-corrected chi connectivity index (χ2v) is 7.62. The van der Waals surface area contributed by atoms with Crippen molar-refractivity contribution in [2.24, 2.45) is 0 Å². The van der Waals surface area contributed by atoms with Crippen LogP contribution in [-0.2, 0) is 21.0 Å². The van der Waals surface area contributed by atoms with Gasteiger partial charge < -0.3 is 9.74 Å². The van der Waals surface area contributed by atoms with E-state index in [0.29, 0.717) is 43.4 Å². The van der Waals surface area contributed by atoms with Gasteiger partial charge in [0.1, 0.15) is 5.82 Å². The number of hydroxylamine groups is 2. The minimum atomic E-state index is -0.688. The molecule has 0 unspecified atom stereocenters. The summed E-state index contributed by atoms with van der Waals surface area (Å²) < 4.78 is 14.1. The average molecular weight is 426 g/mol. The molecule has 4 rings (SSSR count). The first-order valence-electron chi connectivity index (χ1n) is 10.2. The number of pyridine rings is 1. The Labute approximate surface area is 179 Å². The molecule has 31 heavy (non-hydrogen) atoms. The van der Waals surface area contributed by atoms with Gasteiger partial charge in [0.2, 0.25) is 0 Å². The Balaban J connectivity index is 1.32. The van der Waals surface area contributed by atoms with Crippen molar-refractivity contribution < 1.29 is 23.6 Å². The maximum absolute atomic E-state index is 14.1. The second kappa shape index (κ2) is 8.81. The lowest BCUT2D eigenvalue weighted by atomic mass is 10.0. The zero-order valence-electron chi connectivity index (χ0n) is 17.2. The monoisotopic (exact) mass is 426 g/mol. The molecular weight excluding hydrogens is 403 g/mol. The third kappa shape index (κ3) is 4.56. The number of amides is 3. The van der Waals surface area contributed by atoms with Crippen LogP contribution in [0.1, 0.15) is 24.2 Å². The predicted octanol–water partition coefficient (Wildman–Crippen LogP) is 2.51. The number of rotatable bonds is 4. The maximum atomic E-state index is 14.1. The van der Waals surface area contributed by atoms with Gasteiger partial charge in [-0.3, -0.25) is 19.5 Å². The number of aromatic nitrogens is 1. The van der Waals surface area contributed by atoms with E-state index in [1.165, 1.54) is 11.0 Å². The van der Waals surface area contributed by atoms with Crippen LogP contribution in [0.5, 0.6) is 0 Å². The summed E-state index contributed by atoms with van der Waals surface area (Å²) in [5.74, 6) is -1.25. The molecular formula is C22H23FN4O4. The van der Waals surface area contributed by atoms with E-state index < -0.39 is 17.9 Å². The van der Waals surface area contributed by atoms with Crippen LogP contribution in [0.2, 0.25) is 0 Å². The number of carbonyl (C=O) groups is 3. The molecule has 8 nitrogen and oxygen atoms in total. The lowest BCUT2D eigenvalue weighted by molar-refractivity contribution is -0.174. The van der Waals surface area contributed by atoms with Crippen molar-refractivity contribution in [3.05, 3.63) is 53.6 Å². The molecule has 2 fully saturated rings. The van der Waals surface area contributed by atoms with Crippen molar-refractivity contribution in [1.29, 1.82) is 0 Å². The number of carbonyl (C=O) groups excluding carboxylic acids is 3. The van der Waals surface area contributed by atoms with E-state index in [9.17, 15) is 18.8 Å². The lowest BCUT2D eigenvalue weighted by Crippen LogP contribution is -2.50. The molecule has 0 aliphatic carbocycles. The molecule has 0 bridgehead atoms. The van der Waals surface area contributed by atoms with Gasteiger partial charge in [0.25, 0.3) is 11.8 Å². The summed E-state index contributed by atoms with van der Waals surface area (Å²) in [6.45, 7) is 4.51. The van der Waals surface area contributed by atoms with Crippen molar-refractivity contribution in [3.8, 4) is 11.1 Å². The molecule has 162 valence electrons. The zero-order valence-corrected chi connectivity index (χ0v) is 17.2. The van der Waals surface area contributed by atoms with E-state index >= 15 is 0 Å². The van der Waals surface area contributed by atoms with Gasteiger partial charge in [-0.2, -0.15) is 0 Å². The lowest BCUT2D eigenvalue weighted by Gasteiger charge is -2.34. The van der Waals surface area contributed by atoms with Crippen molar-refractivity contribution >= 4 is 17.9 Å². The number of nitrogens with zero attached hydrogens (tertiary/aromatic N) is 4. The summed E-state index contributed by atoms with van der Waals surface area (Å²) in [4.78, 5) is 48.7. The second-order valence-electron chi connectivity index (χ2n) is 7.62.